The number of benzene rings is 2. The highest BCUT2D eigenvalue weighted by atomic mass is 35.5. The molecule has 154 valence electrons. The average Bonchev–Trinajstić information content (AvgIpc) is 2.71. The number of anilines is 1. The molecule has 0 bridgehead atoms. The van der Waals surface area contributed by atoms with Gasteiger partial charge >= 0.3 is 5.97 Å². The first-order valence-corrected chi connectivity index (χ1v) is 8.61. The highest BCUT2D eigenvalue weighted by Crippen LogP contribution is 2.36. The van der Waals surface area contributed by atoms with Gasteiger partial charge in [0.1, 0.15) is 5.75 Å². The van der Waals surface area contributed by atoms with Crippen molar-refractivity contribution in [3.63, 3.8) is 0 Å². The van der Waals surface area contributed by atoms with Crippen molar-refractivity contribution in [3.8, 4) is 17.2 Å². The minimum Gasteiger partial charge on any atom is -0.493 e. The van der Waals surface area contributed by atoms with Crippen LogP contribution in [-0.2, 0) is 14.3 Å². The summed E-state index contributed by atoms with van der Waals surface area (Å²) in [4.78, 5) is 34.5. The number of rotatable bonds is 9. The maximum Gasteiger partial charge on any atom is 0.343 e. The molecule has 0 saturated carbocycles. The van der Waals surface area contributed by atoms with E-state index in [1.54, 1.807) is 24.3 Å². The first-order chi connectivity index (χ1) is 13.8. The van der Waals surface area contributed by atoms with E-state index in [0.717, 1.165) is 0 Å². The van der Waals surface area contributed by atoms with Gasteiger partial charge in [-0.1, -0.05) is 11.6 Å². The molecule has 0 saturated heterocycles. The van der Waals surface area contributed by atoms with Gasteiger partial charge in [-0.05, 0) is 36.4 Å². The smallest absolute Gasteiger partial charge is 0.343 e. The fraction of sp³-hybridized carbons (Fsp3) is 0.211. The van der Waals surface area contributed by atoms with Gasteiger partial charge < -0.3 is 30.0 Å². The Kier molecular flexibility index (Phi) is 7.67. The molecule has 2 amide bonds. The minimum absolute atomic E-state index is 0.0855. The molecule has 29 heavy (non-hydrogen) atoms. The molecular formula is C19H19ClN2O7. The van der Waals surface area contributed by atoms with Crippen LogP contribution in [0, 0.1) is 0 Å². The van der Waals surface area contributed by atoms with E-state index in [0.29, 0.717) is 11.4 Å². The maximum atomic E-state index is 12.5. The van der Waals surface area contributed by atoms with Crippen molar-refractivity contribution in [1.29, 1.82) is 0 Å². The predicted molar refractivity (Wildman–Crippen MR) is 105 cm³/mol. The highest BCUT2D eigenvalue weighted by Gasteiger charge is 2.17. The first kappa shape index (κ1) is 21.8. The Labute approximate surface area is 171 Å². The lowest BCUT2D eigenvalue weighted by Gasteiger charge is -2.13. The molecule has 0 aliphatic rings. The number of primary amides is 1. The van der Waals surface area contributed by atoms with Gasteiger partial charge in [0.15, 0.2) is 24.7 Å². The van der Waals surface area contributed by atoms with Gasteiger partial charge in [-0.15, -0.1) is 0 Å². The topological polar surface area (TPSA) is 126 Å². The molecule has 0 heterocycles. The second-order valence-corrected chi connectivity index (χ2v) is 5.99. The third-order valence-electron chi connectivity index (χ3n) is 3.55. The molecule has 10 heteroatoms. The van der Waals surface area contributed by atoms with Gasteiger partial charge in [-0.3, -0.25) is 9.59 Å². The maximum absolute atomic E-state index is 12.5. The zero-order valence-corrected chi connectivity index (χ0v) is 16.4. The summed E-state index contributed by atoms with van der Waals surface area (Å²) in [7, 11) is 2.64. The molecule has 0 radical (unpaired) electrons. The van der Waals surface area contributed by atoms with E-state index in [1.165, 1.54) is 26.4 Å². The van der Waals surface area contributed by atoms with Gasteiger partial charge in [0.2, 0.25) is 0 Å². The Bertz CT molecular complexity index is 900. The second kappa shape index (κ2) is 10.2. The lowest BCUT2D eigenvalue weighted by molar-refractivity contribution is -0.142. The van der Waals surface area contributed by atoms with Crippen LogP contribution < -0.4 is 25.3 Å². The number of nitrogens with one attached hydrogen (secondary N) is 1. The third-order valence-corrected chi connectivity index (χ3v) is 3.83. The van der Waals surface area contributed by atoms with Crippen LogP contribution in [0.4, 0.5) is 5.69 Å². The summed E-state index contributed by atoms with van der Waals surface area (Å²) in [6.07, 6.45) is 0. The van der Waals surface area contributed by atoms with E-state index >= 15 is 0 Å². The van der Waals surface area contributed by atoms with Crippen LogP contribution in [0.25, 0.3) is 0 Å². The summed E-state index contributed by atoms with van der Waals surface area (Å²) in [5, 5.41) is 2.78. The van der Waals surface area contributed by atoms with Crippen LogP contribution in [0.2, 0.25) is 5.02 Å². The molecule has 3 N–H and O–H groups in total. The number of amides is 2. The molecule has 2 aromatic rings. The standard InChI is InChI=1S/C19H19ClN2O7/c1-26-15-8-11(7-14(20)18(15)29-9-16(21)23)19(25)22-12-3-5-13(6-4-12)28-10-17(24)27-2/h3-8H,9-10H2,1-2H3,(H2,21,23)(H,22,25). The number of nitrogens with two attached hydrogens (primary N) is 1. The quantitative estimate of drug-likeness (QED) is 0.592. The van der Waals surface area contributed by atoms with Crippen molar-refractivity contribution in [2.75, 3.05) is 32.8 Å². The van der Waals surface area contributed by atoms with Gasteiger partial charge in [0, 0.05) is 11.3 Å². The van der Waals surface area contributed by atoms with Crippen LogP contribution in [0.1, 0.15) is 10.4 Å². The second-order valence-electron chi connectivity index (χ2n) is 5.59. The molecule has 9 nitrogen and oxygen atoms in total. The Morgan fingerprint density at radius 1 is 1.03 bits per heavy atom. The van der Waals surface area contributed by atoms with Crippen LogP contribution in [0.5, 0.6) is 17.2 Å². The molecule has 0 aliphatic heterocycles. The van der Waals surface area contributed by atoms with Gasteiger partial charge in [0.25, 0.3) is 11.8 Å². The van der Waals surface area contributed by atoms with E-state index in [-0.39, 0.29) is 35.3 Å². The van der Waals surface area contributed by atoms with Crippen LogP contribution in [0.3, 0.4) is 0 Å². The summed E-state index contributed by atoms with van der Waals surface area (Å²) in [6, 6.07) is 9.19. The zero-order chi connectivity index (χ0) is 21.4. The number of halogens is 1. The minimum atomic E-state index is -0.677. The summed E-state index contributed by atoms with van der Waals surface area (Å²) in [5.74, 6) is -0.906. The molecular weight excluding hydrogens is 404 g/mol. The molecule has 0 aromatic heterocycles. The zero-order valence-electron chi connectivity index (χ0n) is 15.7. The molecule has 0 spiro atoms. The Morgan fingerprint density at radius 3 is 2.31 bits per heavy atom. The number of hydrogen-bond acceptors (Lipinski definition) is 7. The third kappa shape index (κ3) is 6.28. The molecule has 2 aromatic carbocycles. The summed E-state index contributed by atoms with van der Waals surface area (Å²) in [6.45, 7) is -0.601. The van der Waals surface area contributed by atoms with E-state index in [2.05, 4.69) is 10.1 Å². The van der Waals surface area contributed by atoms with Crippen molar-refractivity contribution >= 4 is 35.1 Å². The SMILES string of the molecule is COC(=O)COc1ccc(NC(=O)c2cc(Cl)c(OCC(N)=O)c(OC)c2)cc1. The van der Waals surface area contributed by atoms with Crippen molar-refractivity contribution in [2.24, 2.45) is 5.73 Å². The molecule has 2 rings (SSSR count). The number of methoxy groups -OCH3 is 2. The molecule has 0 unspecified atom stereocenters. The monoisotopic (exact) mass is 422 g/mol. The fourth-order valence-corrected chi connectivity index (χ4v) is 2.44. The number of carbonyl (C=O) groups excluding carboxylic acids is 3. The molecule has 0 atom stereocenters. The number of esters is 1. The molecule has 0 aliphatic carbocycles. The fourth-order valence-electron chi connectivity index (χ4n) is 2.17. The normalized spacial score (nSPS) is 10.0. The Hall–Kier alpha value is -3.46. The van der Waals surface area contributed by atoms with E-state index < -0.39 is 17.8 Å². The van der Waals surface area contributed by atoms with Gasteiger partial charge in [0.05, 0.1) is 19.2 Å². The first-order valence-electron chi connectivity index (χ1n) is 8.23. The van der Waals surface area contributed by atoms with Crippen LogP contribution in [0.15, 0.2) is 36.4 Å². The predicted octanol–water partition coefficient (Wildman–Crippen LogP) is 2.02. The Morgan fingerprint density at radius 2 is 1.72 bits per heavy atom. The largest absolute Gasteiger partial charge is 0.493 e. The summed E-state index contributed by atoms with van der Waals surface area (Å²) in [5.41, 5.74) is 5.76. The highest BCUT2D eigenvalue weighted by molar-refractivity contribution is 6.32. The lowest BCUT2D eigenvalue weighted by atomic mass is 10.1. The van der Waals surface area contributed by atoms with Gasteiger partial charge in [-0.2, -0.15) is 0 Å². The molecule has 0 fully saturated rings. The number of hydrogen-bond donors (Lipinski definition) is 2. The Balaban J connectivity index is 2.09. The van der Waals surface area contributed by atoms with Crippen LogP contribution >= 0.6 is 11.6 Å². The van der Waals surface area contributed by atoms with Crippen LogP contribution in [-0.4, -0.2) is 45.2 Å². The number of carbonyl (C=O) groups is 3. The van der Waals surface area contributed by atoms with Crippen molar-refractivity contribution < 1.29 is 33.3 Å². The average molecular weight is 423 g/mol. The summed E-state index contributed by atoms with van der Waals surface area (Å²) < 4.78 is 20.1. The van der Waals surface area contributed by atoms with Crippen molar-refractivity contribution in [3.05, 3.63) is 47.0 Å². The van der Waals surface area contributed by atoms with E-state index in [1.807, 2.05) is 0 Å². The summed E-state index contributed by atoms with van der Waals surface area (Å²) >= 11 is 6.15. The van der Waals surface area contributed by atoms with Crippen molar-refractivity contribution in [2.45, 2.75) is 0 Å². The van der Waals surface area contributed by atoms with Crippen molar-refractivity contribution in [1.82, 2.24) is 0 Å². The van der Waals surface area contributed by atoms with E-state index in [4.69, 9.17) is 31.5 Å². The van der Waals surface area contributed by atoms with Gasteiger partial charge in [-0.25, -0.2) is 4.79 Å². The number of ether oxygens (including phenoxy) is 4. The van der Waals surface area contributed by atoms with E-state index in [9.17, 15) is 14.4 Å². The lowest BCUT2D eigenvalue weighted by Crippen LogP contribution is -2.20.